The first kappa shape index (κ1) is 18.2. The first-order valence-corrected chi connectivity index (χ1v) is 10.8. The summed E-state index contributed by atoms with van der Waals surface area (Å²) < 4.78 is 31.1. The van der Waals surface area contributed by atoms with E-state index >= 15 is 0 Å². The number of para-hydroxylation sites is 1. The molecule has 0 unspecified atom stereocenters. The van der Waals surface area contributed by atoms with Crippen LogP contribution in [-0.2, 0) is 9.84 Å². The lowest BCUT2D eigenvalue weighted by atomic mass is 10.0. The zero-order valence-electron chi connectivity index (χ0n) is 14.7. The SMILES string of the molecule is N#C/C(=C\c1ccc(C2=CCOc3ccccc32)s1)S(=O)(=O)c1ccccc1. The van der Waals surface area contributed by atoms with Crippen molar-refractivity contribution in [2.75, 3.05) is 6.61 Å². The third kappa shape index (κ3) is 3.38. The van der Waals surface area contributed by atoms with Crippen molar-refractivity contribution < 1.29 is 13.2 Å². The van der Waals surface area contributed by atoms with Crippen molar-refractivity contribution in [3.63, 3.8) is 0 Å². The topological polar surface area (TPSA) is 67.2 Å². The Balaban J connectivity index is 1.70. The number of hydrogen-bond donors (Lipinski definition) is 0. The Bertz CT molecular complexity index is 1230. The van der Waals surface area contributed by atoms with Crippen LogP contribution in [0.2, 0.25) is 0 Å². The number of sulfone groups is 1. The van der Waals surface area contributed by atoms with E-state index in [0.29, 0.717) is 11.5 Å². The minimum absolute atomic E-state index is 0.112. The third-order valence-electron chi connectivity index (χ3n) is 4.32. The van der Waals surface area contributed by atoms with Crippen molar-refractivity contribution in [2.45, 2.75) is 4.90 Å². The fourth-order valence-electron chi connectivity index (χ4n) is 2.97. The molecule has 4 nitrogen and oxygen atoms in total. The Morgan fingerprint density at radius 3 is 2.57 bits per heavy atom. The smallest absolute Gasteiger partial charge is 0.216 e. The molecule has 0 amide bonds. The molecule has 0 bridgehead atoms. The highest BCUT2D eigenvalue weighted by Crippen LogP contribution is 2.37. The molecular weight excluding hydrogens is 390 g/mol. The van der Waals surface area contributed by atoms with Gasteiger partial charge >= 0.3 is 0 Å². The maximum Gasteiger partial charge on any atom is 0.216 e. The number of thiophene rings is 1. The predicted octanol–water partition coefficient (Wildman–Crippen LogP) is 4.91. The van der Waals surface area contributed by atoms with E-state index in [-0.39, 0.29) is 9.80 Å². The average Bonchev–Trinajstić information content (AvgIpc) is 3.20. The molecule has 1 aromatic heterocycles. The number of nitrogens with zero attached hydrogens (tertiary/aromatic N) is 1. The molecule has 0 saturated carbocycles. The van der Waals surface area contributed by atoms with Crippen molar-refractivity contribution in [1.82, 2.24) is 0 Å². The highest BCUT2D eigenvalue weighted by atomic mass is 32.2. The molecule has 3 aromatic rings. The third-order valence-corrected chi connectivity index (χ3v) is 7.07. The fraction of sp³-hybridized carbons (Fsp3) is 0.0455. The zero-order chi connectivity index (χ0) is 19.6. The second-order valence-electron chi connectivity index (χ2n) is 6.06. The van der Waals surface area contributed by atoms with Gasteiger partial charge in [-0.25, -0.2) is 8.42 Å². The standard InChI is InChI=1S/C22H15NO3S2/c23-15-18(28(24,25)17-6-2-1-3-7-17)14-16-10-11-22(27-16)20-12-13-26-21-9-5-4-8-19(20)21/h1-12,14H,13H2/b18-14+. The second kappa shape index (κ2) is 7.47. The minimum Gasteiger partial charge on any atom is -0.489 e. The van der Waals surface area contributed by atoms with Gasteiger partial charge in [-0.1, -0.05) is 36.4 Å². The van der Waals surface area contributed by atoms with Crippen LogP contribution < -0.4 is 4.74 Å². The van der Waals surface area contributed by atoms with Gasteiger partial charge in [0.2, 0.25) is 9.84 Å². The summed E-state index contributed by atoms with van der Waals surface area (Å²) in [6, 6.07) is 21.4. The molecule has 0 spiro atoms. The van der Waals surface area contributed by atoms with E-state index in [0.717, 1.165) is 21.8 Å². The van der Waals surface area contributed by atoms with Gasteiger partial charge in [0.25, 0.3) is 0 Å². The molecule has 0 saturated heterocycles. The summed E-state index contributed by atoms with van der Waals surface area (Å²) >= 11 is 1.44. The summed E-state index contributed by atoms with van der Waals surface area (Å²) in [6.45, 7) is 0.487. The molecule has 0 atom stereocenters. The van der Waals surface area contributed by atoms with Crippen LogP contribution in [0.4, 0.5) is 0 Å². The van der Waals surface area contributed by atoms with Crippen LogP contribution in [-0.4, -0.2) is 15.0 Å². The van der Waals surface area contributed by atoms with E-state index in [1.807, 2.05) is 48.5 Å². The fourth-order valence-corrected chi connectivity index (χ4v) is 5.23. The molecule has 6 heteroatoms. The number of rotatable bonds is 4. The van der Waals surface area contributed by atoms with E-state index in [4.69, 9.17) is 4.74 Å². The van der Waals surface area contributed by atoms with Crippen LogP contribution in [0.5, 0.6) is 5.75 Å². The molecule has 2 aromatic carbocycles. The lowest BCUT2D eigenvalue weighted by Gasteiger charge is -2.17. The summed E-state index contributed by atoms with van der Waals surface area (Å²) in [5.74, 6) is 0.829. The van der Waals surface area contributed by atoms with Crippen molar-refractivity contribution >= 4 is 32.8 Å². The van der Waals surface area contributed by atoms with Gasteiger partial charge in [-0.05, 0) is 42.5 Å². The molecule has 0 fully saturated rings. The van der Waals surface area contributed by atoms with Crippen LogP contribution in [0, 0.1) is 11.3 Å². The van der Waals surface area contributed by atoms with Crippen LogP contribution in [0.25, 0.3) is 11.6 Å². The Hall–Kier alpha value is -3.14. The lowest BCUT2D eigenvalue weighted by Crippen LogP contribution is -2.04. The molecular formula is C22H15NO3S2. The maximum atomic E-state index is 12.7. The summed E-state index contributed by atoms with van der Waals surface area (Å²) in [7, 11) is -3.84. The average molecular weight is 406 g/mol. The van der Waals surface area contributed by atoms with Crippen molar-refractivity contribution in [2.24, 2.45) is 0 Å². The van der Waals surface area contributed by atoms with Crippen LogP contribution in [0.3, 0.4) is 0 Å². The van der Waals surface area contributed by atoms with Crippen LogP contribution in [0.1, 0.15) is 15.3 Å². The number of nitriles is 1. The largest absolute Gasteiger partial charge is 0.489 e. The minimum atomic E-state index is -3.84. The van der Waals surface area contributed by atoms with Gasteiger partial charge in [-0.2, -0.15) is 5.26 Å². The highest BCUT2D eigenvalue weighted by molar-refractivity contribution is 7.95. The summed E-state index contributed by atoms with van der Waals surface area (Å²) in [4.78, 5) is 1.54. The van der Waals surface area contributed by atoms with Gasteiger partial charge in [-0.3, -0.25) is 0 Å². The van der Waals surface area contributed by atoms with E-state index in [9.17, 15) is 13.7 Å². The number of benzene rings is 2. The Kier molecular flexibility index (Phi) is 4.86. The van der Waals surface area contributed by atoms with Crippen LogP contribution in [0.15, 0.2) is 82.6 Å². The monoisotopic (exact) mass is 405 g/mol. The van der Waals surface area contributed by atoms with Gasteiger partial charge in [0.15, 0.2) is 4.91 Å². The molecule has 1 aliphatic rings. The van der Waals surface area contributed by atoms with Crippen LogP contribution >= 0.6 is 11.3 Å². The first-order chi connectivity index (χ1) is 13.6. The molecule has 1 aliphatic heterocycles. The van der Waals surface area contributed by atoms with E-state index < -0.39 is 9.84 Å². The number of fused-ring (bicyclic) bond motifs is 1. The normalized spacial score (nSPS) is 13.8. The van der Waals surface area contributed by atoms with Gasteiger partial charge in [0.05, 0.1) is 4.90 Å². The van der Waals surface area contributed by atoms with E-state index in [1.54, 1.807) is 18.2 Å². The zero-order valence-corrected chi connectivity index (χ0v) is 16.3. The van der Waals surface area contributed by atoms with Gasteiger partial charge in [-0.15, -0.1) is 11.3 Å². The Morgan fingerprint density at radius 2 is 1.79 bits per heavy atom. The van der Waals surface area contributed by atoms with E-state index in [1.165, 1.54) is 29.5 Å². The molecule has 0 radical (unpaired) electrons. The molecule has 0 N–H and O–H groups in total. The highest BCUT2D eigenvalue weighted by Gasteiger charge is 2.21. The predicted molar refractivity (Wildman–Crippen MR) is 111 cm³/mol. The van der Waals surface area contributed by atoms with Gasteiger partial charge < -0.3 is 4.74 Å². The molecule has 28 heavy (non-hydrogen) atoms. The Labute approximate surface area is 167 Å². The van der Waals surface area contributed by atoms with Gasteiger partial charge in [0.1, 0.15) is 18.4 Å². The number of hydrogen-bond acceptors (Lipinski definition) is 5. The second-order valence-corrected chi connectivity index (χ2v) is 9.10. The Morgan fingerprint density at radius 1 is 1.04 bits per heavy atom. The number of allylic oxidation sites excluding steroid dienone is 1. The van der Waals surface area contributed by atoms with Crippen molar-refractivity contribution in [3.05, 3.63) is 93.0 Å². The quantitative estimate of drug-likeness (QED) is 0.579. The summed E-state index contributed by atoms with van der Waals surface area (Å²) in [5.41, 5.74) is 2.06. The summed E-state index contributed by atoms with van der Waals surface area (Å²) in [5, 5.41) is 9.45. The summed E-state index contributed by atoms with van der Waals surface area (Å²) in [6.07, 6.45) is 3.44. The van der Waals surface area contributed by atoms with Gasteiger partial charge in [0, 0.05) is 20.9 Å². The molecule has 2 heterocycles. The molecule has 4 rings (SSSR count). The maximum absolute atomic E-state index is 12.7. The van der Waals surface area contributed by atoms with Crippen molar-refractivity contribution in [3.8, 4) is 11.8 Å². The number of ether oxygens (including phenoxy) is 1. The lowest BCUT2D eigenvalue weighted by molar-refractivity contribution is 0.357. The van der Waals surface area contributed by atoms with Crippen molar-refractivity contribution in [1.29, 1.82) is 5.26 Å². The van der Waals surface area contributed by atoms with E-state index in [2.05, 4.69) is 0 Å². The molecule has 0 aliphatic carbocycles. The first-order valence-electron chi connectivity index (χ1n) is 8.54. The molecule has 138 valence electrons.